The standard InChI is InChI=1S/C18H16BrF3N4O/c1-3-10(2)24-17(27)13-9-23-26-15(18(20,21)22)8-14(25-16(13)26)11-4-6-12(19)7-5-11/h4-10H,3H2,1-2H3,(H,24,27)/t10-/m0/s1. The van der Waals surface area contributed by atoms with Gasteiger partial charge in [-0.05, 0) is 31.5 Å². The first-order chi connectivity index (χ1) is 12.7. The molecule has 0 spiro atoms. The second-order valence-corrected chi connectivity index (χ2v) is 7.02. The molecule has 0 aliphatic carbocycles. The fourth-order valence-corrected chi connectivity index (χ4v) is 2.76. The van der Waals surface area contributed by atoms with Crippen LogP contribution in [0, 0.1) is 0 Å². The molecular weight excluding hydrogens is 425 g/mol. The summed E-state index contributed by atoms with van der Waals surface area (Å²) in [7, 11) is 0. The molecule has 2 heterocycles. The molecular formula is C18H16BrF3N4O. The molecule has 3 rings (SSSR count). The van der Waals surface area contributed by atoms with Gasteiger partial charge < -0.3 is 5.32 Å². The molecule has 0 aliphatic rings. The molecule has 1 N–H and O–H groups in total. The fraction of sp³-hybridized carbons (Fsp3) is 0.278. The largest absolute Gasteiger partial charge is 0.433 e. The summed E-state index contributed by atoms with van der Waals surface area (Å²) >= 11 is 3.29. The van der Waals surface area contributed by atoms with E-state index in [0.29, 0.717) is 16.5 Å². The van der Waals surface area contributed by atoms with Crippen LogP contribution >= 0.6 is 15.9 Å². The number of carbonyl (C=O) groups is 1. The van der Waals surface area contributed by atoms with Crippen LogP contribution in [0.15, 0.2) is 41.0 Å². The molecule has 0 radical (unpaired) electrons. The molecule has 0 saturated heterocycles. The first-order valence-corrected chi connectivity index (χ1v) is 9.02. The average Bonchev–Trinajstić information content (AvgIpc) is 3.04. The fourth-order valence-electron chi connectivity index (χ4n) is 2.50. The van der Waals surface area contributed by atoms with E-state index < -0.39 is 17.8 Å². The summed E-state index contributed by atoms with van der Waals surface area (Å²) in [5.74, 6) is -0.507. The SMILES string of the molecule is CC[C@H](C)NC(=O)c1cnn2c(C(F)(F)F)cc(-c3ccc(Br)cc3)nc12. The molecule has 27 heavy (non-hydrogen) atoms. The van der Waals surface area contributed by atoms with Crippen LogP contribution < -0.4 is 5.32 Å². The number of aromatic nitrogens is 3. The summed E-state index contributed by atoms with van der Waals surface area (Å²) in [6, 6.07) is 7.53. The number of hydrogen-bond donors (Lipinski definition) is 1. The molecule has 3 aromatic rings. The number of hydrogen-bond acceptors (Lipinski definition) is 3. The number of nitrogens with one attached hydrogen (secondary N) is 1. The topological polar surface area (TPSA) is 59.3 Å². The lowest BCUT2D eigenvalue weighted by Gasteiger charge is -2.13. The Morgan fingerprint density at radius 1 is 1.30 bits per heavy atom. The lowest BCUT2D eigenvalue weighted by Crippen LogP contribution is -2.32. The minimum atomic E-state index is -4.65. The maximum atomic E-state index is 13.6. The van der Waals surface area contributed by atoms with Gasteiger partial charge >= 0.3 is 6.18 Å². The Morgan fingerprint density at radius 3 is 2.56 bits per heavy atom. The molecule has 1 atom stereocenters. The number of amides is 1. The van der Waals surface area contributed by atoms with E-state index in [0.717, 1.165) is 16.7 Å². The molecule has 9 heteroatoms. The van der Waals surface area contributed by atoms with Gasteiger partial charge in [-0.15, -0.1) is 0 Å². The zero-order chi connectivity index (χ0) is 19.8. The minimum Gasteiger partial charge on any atom is -0.349 e. The normalized spacial score (nSPS) is 13.0. The lowest BCUT2D eigenvalue weighted by atomic mass is 10.1. The molecule has 1 aromatic carbocycles. The minimum absolute atomic E-state index is 0.000221. The summed E-state index contributed by atoms with van der Waals surface area (Å²) < 4.78 is 42.1. The van der Waals surface area contributed by atoms with Gasteiger partial charge in [0, 0.05) is 16.1 Å². The molecule has 0 fully saturated rings. The summed E-state index contributed by atoms with van der Waals surface area (Å²) in [4.78, 5) is 16.7. The summed E-state index contributed by atoms with van der Waals surface area (Å²) in [5, 5.41) is 6.48. The van der Waals surface area contributed by atoms with Crippen molar-refractivity contribution in [3.05, 3.63) is 52.3 Å². The highest BCUT2D eigenvalue weighted by Gasteiger charge is 2.36. The van der Waals surface area contributed by atoms with Crippen LogP contribution in [0.25, 0.3) is 16.9 Å². The first kappa shape index (κ1) is 19.3. The molecule has 5 nitrogen and oxygen atoms in total. The van der Waals surface area contributed by atoms with Crippen molar-refractivity contribution in [3.63, 3.8) is 0 Å². The van der Waals surface area contributed by atoms with E-state index >= 15 is 0 Å². The monoisotopic (exact) mass is 440 g/mol. The van der Waals surface area contributed by atoms with Gasteiger partial charge in [-0.2, -0.15) is 18.3 Å². The van der Waals surface area contributed by atoms with Crippen LogP contribution in [0.2, 0.25) is 0 Å². The van der Waals surface area contributed by atoms with Gasteiger partial charge in [0.05, 0.1) is 11.9 Å². The van der Waals surface area contributed by atoms with E-state index in [2.05, 4.69) is 31.3 Å². The van der Waals surface area contributed by atoms with Gasteiger partial charge in [-0.3, -0.25) is 4.79 Å². The highest BCUT2D eigenvalue weighted by molar-refractivity contribution is 9.10. The van der Waals surface area contributed by atoms with Crippen molar-refractivity contribution in [1.29, 1.82) is 0 Å². The zero-order valence-electron chi connectivity index (χ0n) is 14.5. The molecule has 2 aromatic heterocycles. The Kier molecular flexibility index (Phi) is 5.23. The third-order valence-electron chi connectivity index (χ3n) is 4.14. The van der Waals surface area contributed by atoms with Crippen LogP contribution in [0.5, 0.6) is 0 Å². The molecule has 142 valence electrons. The van der Waals surface area contributed by atoms with Gasteiger partial charge in [-0.25, -0.2) is 9.50 Å². The Labute approximate surface area is 161 Å². The van der Waals surface area contributed by atoms with Gasteiger partial charge in [0.2, 0.25) is 0 Å². The molecule has 0 bridgehead atoms. The third kappa shape index (κ3) is 3.97. The third-order valence-corrected chi connectivity index (χ3v) is 4.67. The maximum Gasteiger partial charge on any atom is 0.433 e. The number of nitrogens with zero attached hydrogens (tertiary/aromatic N) is 3. The number of benzene rings is 1. The van der Waals surface area contributed by atoms with E-state index in [1.165, 1.54) is 0 Å². The van der Waals surface area contributed by atoms with Gasteiger partial charge in [0.15, 0.2) is 11.3 Å². The van der Waals surface area contributed by atoms with Crippen LogP contribution in [0.4, 0.5) is 13.2 Å². The smallest absolute Gasteiger partial charge is 0.349 e. The Balaban J connectivity index is 2.19. The van der Waals surface area contributed by atoms with E-state index in [1.807, 2.05) is 13.8 Å². The van der Waals surface area contributed by atoms with E-state index in [4.69, 9.17) is 0 Å². The van der Waals surface area contributed by atoms with Gasteiger partial charge in [-0.1, -0.05) is 35.0 Å². The van der Waals surface area contributed by atoms with Crippen molar-refractivity contribution in [2.75, 3.05) is 0 Å². The van der Waals surface area contributed by atoms with Crippen LogP contribution in [-0.4, -0.2) is 26.5 Å². The van der Waals surface area contributed by atoms with E-state index in [-0.39, 0.29) is 22.9 Å². The van der Waals surface area contributed by atoms with Crippen molar-refractivity contribution in [2.24, 2.45) is 0 Å². The summed E-state index contributed by atoms with van der Waals surface area (Å²) in [5.41, 5.74) is -0.516. The van der Waals surface area contributed by atoms with Crippen LogP contribution in [-0.2, 0) is 6.18 Å². The van der Waals surface area contributed by atoms with Crippen molar-refractivity contribution in [1.82, 2.24) is 19.9 Å². The Bertz CT molecular complexity index is 983. The van der Waals surface area contributed by atoms with Crippen molar-refractivity contribution < 1.29 is 18.0 Å². The number of halogens is 4. The quantitative estimate of drug-likeness (QED) is 0.639. The molecule has 0 aliphatic heterocycles. The number of carbonyl (C=O) groups excluding carboxylic acids is 1. The second kappa shape index (κ2) is 7.30. The Morgan fingerprint density at radius 2 is 1.96 bits per heavy atom. The highest BCUT2D eigenvalue weighted by atomic mass is 79.9. The zero-order valence-corrected chi connectivity index (χ0v) is 16.1. The van der Waals surface area contributed by atoms with E-state index in [1.54, 1.807) is 24.3 Å². The average molecular weight is 441 g/mol. The van der Waals surface area contributed by atoms with Crippen molar-refractivity contribution in [2.45, 2.75) is 32.5 Å². The van der Waals surface area contributed by atoms with Gasteiger partial charge in [0.1, 0.15) is 5.56 Å². The highest BCUT2D eigenvalue weighted by Crippen LogP contribution is 2.33. The summed E-state index contributed by atoms with van der Waals surface area (Å²) in [6.07, 6.45) is -2.85. The van der Waals surface area contributed by atoms with Crippen LogP contribution in [0.1, 0.15) is 36.3 Å². The first-order valence-electron chi connectivity index (χ1n) is 8.23. The molecule has 0 saturated carbocycles. The maximum absolute atomic E-state index is 13.6. The molecule has 1 amide bonds. The summed E-state index contributed by atoms with van der Waals surface area (Å²) in [6.45, 7) is 3.71. The second-order valence-electron chi connectivity index (χ2n) is 6.11. The molecule has 0 unspecified atom stereocenters. The lowest BCUT2D eigenvalue weighted by molar-refractivity contribution is -0.142. The van der Waals surface area contributed by atoms with E-state index in [9.17, 15) is 18.0 Å². The van der Waals surface area contributed by atoms with Crippen molar-refractivity contribution >= 4 is 27.5 Å². The van der Waals surface area contributed by atoms with Gasteiger partial charge in [0.25, 0.3) is 5.91 Å². The predicted octanol–water partition coefficient (Wildman–Crippen LogP) is 4.71. The predicted molar refractivity (Wildman–Crippen MR) is 98.3 cm³/mol. The number of rotatable bonds is 4. The number of fused-ring (bicyclic) bond motifs is 1. The number of alkyl halides is 3. The van der Waals surface area contributed by atoms with Crippen molar-refractivity contribution in [3.8, 4) is 11.3 Å². The Hall–Kier alpha value is -2.42. The van der Waals surface area contributed by atoms with Crippen LogP contribution in [0.3, 0.4) is 0 Å².